The number of anilines is 1. The fraction of sp³-hybridized carbons (Fsp3) is 0.538. The SMILES string of the molecule is CN(C)Cc1nc(NC(=O)C2CC2)ccc1S(C)(=O)=O. The van der Waals surface area contributed by atoms with Crippen molar-refractivity contribution >= 4 is 21.6 Å². The zero-order valence-corrected chi connectivity index (χ0v) is 12.7. The fourth-order valence-corrected chi connectivity index (χ4v) is 2.74. The van der Waals surface area contributed by atoms with E-state index in [1.807, 2.05) is 19.0 Å². The van der Waals surface area contributed by atoms with Gasteiger partial charge in [0.15, 0.2) is 9.84 Å². The summed E-state index contributed by atoms with van der Waals surface area (Å²) < 4.78 is 23.5. The minimum Gasteiger partial charge on any atom is -0.310 e. The van der Waals surface area contributed by atoms with Crippen LogP contribution in [0.1, 0.15) is 18.5 Å². The Morgan fingerprint density at radius 3 is 2.55 bits per heavy atom. The van der Waals surface area contributed by atoms with Crippen LogP contribution in [0.2, 0.25) is 0 Å². The smallest absolute Gasteiger partial charge is 0.228 e. The van der Waals surface area contributed by atoms with Gasteiger partial charge in [0, 0.05) is 18.7 Å². The summed E-state index contributed by atoms with van der Waals surface area (Å²) in [4.78, 5) is 18.0. The number of aromatic nitrogens is 1. The predicted octanol–water partition coefficient (Wildman–Crippen LogP) is 0.895. The van der Waals surface area contributed by atoms with Crippen molar-refractivity contribution < 1.29 is 13.2 Å². The summed E-state index contributed by atoms with van der Waals surface area (Å²) in [5, 5.41) is 2.73. The Morgan fingerprint density at radius 2 is 2.05 bits per heavy atom. The number of hydrogen-bond donors (Lipinski definition) is 1. The average Bonchev–Trinajstić information content (AvgIpc) is 3.09. The maximum Gasteiger partial charge on any atom is 0.228 e. The zero-order chi connectivity index (χ0) is 14.9. The Bertz CT molecular complexity index is 622. The highest BCUT2D eigenvalue weighted by atomic mass is 32.2. The molecule has 110 valence electrons. The fourth-order valence-electron chi connectivity index (χ4n) is 1.88. The molecular weight excluding hydrogens is 278 g/mol. The number of pyridine rings is 1. The number of sulfone groups is 1. The van der Waals surface area contributed by atoms with Crippen LogP contribution in [0, 0.1) is 5.92 Å². The zero-order valence-electron chi connectivity index (χ0n) is 11.9. The summed E-state index contributed by atoms with van der Waals surface area (Å²) in [6.45, 7) is 0.398. The summed E-state index contributed by atoms with van der Waals surface area (Å²) in [6, 6.07) is 3.04. The molecule has 1 aliphatic rings. The van der Waals surface area contributed by atoms with E-state index in [0.717, 1.165) is 19.1 Å². The van der Waals surface area contributed by atoms with Gasteiger partial charge in [0.2, 0.25) is 5.91 Å². The van der Waals surface area contributed by atoms with Crippen LogP contribution in [-0.2, 0) is 21.2 Å². The quantitative estimate of drug-likeness (QED) is 0.873. The predicted molar refractivity (Wildman–Crippen MR) is 76.1 cm³/mol. The van der Waals surface area contributed by atoms with E-state index in [4.69, 9.17) is 0 Å². The third-order valence-electron chi connectivity index (χ3n) is 3.00. The second kappa shape index (κ2) is 5.49. The number of rotatable bonds is 5. The van der Waals surface area contributed by atoms with Crippen molar-refractivity contribution in [3.05, 3.63) is 17.8 Å². The molecule has 20 heavy (non-hydrogen) atoms. The summed E-state index contributed by atoms with van der Waals surface area (Å²) in [5.74, 6) is 0.454. The summed E-state index contributed by atoms with van der Waals surface area (Å²) in [5.41, 5.74) is 0.450. The van der Waals surface area contributed by atoms with Gasteiger partial charge in [-0.05, 0) is 39.1 Å². The van der Waals surface area contributed by atoms with E-state index >= 15 is 0 Å². The maximum absolute atomic E-state index is 11.7. The third-order valence-corrected chi connectivity index (χ3v) is 4.17. The molecule has 0 aromatic carbocycles. The molecule has 1 N–H and O–H groups in total. The highest BCUT2D eigenvalue weighted by Crippen LogP contribution is 2.30. The molecule has 1 aliphatic carbocycles. The van der Waals surface area contributed by atoms with Crippen molar-refractivity contribution in [2.75, 3.05) is 25.7 Å². The van der Waals surface area contributed by atoms with Crippen LogP contribution in [0.4, 0.5) is 5.82 Å². The van der Waals surface area contributed by atoms with Crippen molar-refractivity contribution in [3.8, 4) is 0 Å². The van der Waals surface area contributed by atoms with Gasteiger partial charge in [-0.1, -0.05) is 0 Å². The topological polar surface area (TPSA) is 79.4 Å². The first-order chi connectivity index (χ1) is 9.27. The Hall–Kier alpha value is -1.47. The summed E-state index contributed by atoms with van der Waals surface area (Å²) in [6.07, 6.45) is 2.99. The van der Waals surface area contributed by atoms with Gasteiger partial charge in [0.1, 0.15) is 5.82 Å². The van der Waals surface area contributed by atoms with Crippen LogP contribution in [0.15, 0.2) is 17.0 Å². The van der Waals surface area contributed by atoms with Crippen molar-refractivity contribution in [2.45, 2.75) is 24.3 Å². The van der Waals surface area contributed by atoms with Gasteiger partial charge in [-0.25, -0.2) is 13.4 Å². The van der Waals surface area contributed by atoms with E-state index in [0.29, 0.717) is 18.1 Å². The van der Waals surface area contributed by atoms with Crippen molar-refractivity contribution in [1.29, 1.82) is 0 Å². The van der Waals surface area contributed by atoms with Gasteiger partial charge >= 0.3 is 0 Å². The normalized spacial score (nSPS) is 15.4. The number of nitrogens with one attached hydrogen (secondary N) is 1. The molecule has 0 unspecified atom stereocenters. The average molecular weight is 297 g/mol. The van der Waals surface area contributed by atoms with E-state index in [2.05, 4.69) is 10.3 Å². The van der Waals surface area contributed by atoms with Gasteiger partial charge in [0.25, 0.3) is 0 Å². The van der Waals surface area contributed by atoms with Gasteiger partial charge in [-0.3, -0.25) is 4.79 Å². The highest BCUT2D eigenvalue weighted by Gasteiger charge is 2.30. The van der Waals surface area contributed by atoms with Gasteiger partial charge in [0.05, 0.1) is 10.6 Å². The minimum absolute atomic E-state index is 0.0413. The third kappa shape index (κ3) is 3.77. The Kier molecular flexibility index (Phi) is 4.10. The number of carbonyl (C=O) groups excluding carboxylic acids is 1. The molecule has 6 nitrogen and oxygen atoms in total. The van der Waals surface area contributed by atoms with E-state index in [1.165, 1.54) is 12.1 Å². The molecule has 2 rings (SSSR count). The monoisotopic (exact) mass is 297 g/mol. The molecule has 1 fully saturated rings. The minimum atomic E-state index is -3.33. The number of carbonyl (C=O) groups is 1. The Morgan fingerprint density at radius 1 is 1.40 bits per heavy atom. The Balaban J connectivity index is 2.29. The summed E-state index contributed by atoms with van der Waals surface area (Å²) in [7, 11) is 0.343. The number of nitrogens with zero attached hydrogens (tertiary/aromatic N) is 2. The first-order valence-electron chi connectivity index (χ1n) is 6.43. The molecule has 0 bridgehead atoms. The highest BCUT2D eigenvalue weighted by molar-refractivity contribution is 7.90. The van der Waals surface area contributed by atoms with Gasteiger partial charge in [-0.2, -0.15) is 0 Å². The van der Waals surface area contributed by atoms with Crippen LogP contribution in [0.3, 0.4) is 0 Å². The lowest BCUT2D eigenvalue weighted by molar-refractivity contribution is -0.117. The van der Waals surface area contributed by atoms with Crippen LogP contribution in [0.25, 0.3) is 0 Å². The van der Waals surface area contributed by atoms with Crippen molar-refractivity contribution in [1.82, 2.24) is 9.88 Å². The van der Waals surface area contributed by atoms with E-state index < -0.39 is 9.84 Å². The molecule has 7 heteroatoms. The van der Waals surface area contributed by atoms with Gasteiger partial charge in [-0.15, -0.1) is 0 Å². The second-order valence-electron chi connectivity index (χ2n) is 5.41. The van der Waals surface area contributed by atoms with Crippen LogP contribution in [-0.4, -0.2) is 44.6 Å². The first-order valence-corrected chi connectivity index (χ1v) is 8.32. The molecule has 0 spiro atoms. The lowest BCUT2D eigenvalue weighted by atomic mass is 10.3. The van der Waals surface area contributed by atoms with E-state index in [9.17, 15) is 13.2 Å². The van der Waals surface area contributed by atoms with E-state index in [1.54, 1.807) is 0 Å². The maximum atomic E-state index is 11.7. The first kappa shape index (κ1) is 14.9. The molecule has 0 aliphatic heterocycles. The molecular formula is C13H19N3O3S. The molecule has 1 amide bonds. The molecule has 1 saturated carbocycles. The van der Waals surface area contributed by atoms with Gasteiger partial charge < -0.3 is 10.2 Å². The molecule has 0 saturated heterocycles. The summed E-state index contributed by atoms with van der Waals surface area (Å²) >= 11 is 0. The molecule has 1 heterocycles. The molecule has 1 aromatic rings. The Labute approximate surface area is 119 Å². The number of amides is 1. The second-order valence-corrected chi connectivity index (χ2v) is 7.40. The van der Waals surface area contributed by atoms with Crippen LogP contribution in [0.5, 0.6) is 0 Å². The molecule has 1 aromatic heterocycles. The van der Waals surface area contributed by atoms with Crippen LogP contribution < -0.4 is 5.32 Å². The number of hydrogen-bond acceptors (Lipinski definition) is 5. The largest absolute Gasteiger partial charge is 0.310 e. The van der Waals surface area contributed by atoms with Crippen molar-refractivity contribution in [2.24, 2.45) is 5.92 Å². The van der Waals surface area contributed by atoms with Crippen molar-refractivity contribution in [3.63, 3.8) is 0 Å². The van der Waals surface area contributed by atoms with Crippen LogP contribution >= 0.6 is 0 Å². The lowest BCUT2D eigenvalue weighted by Gasteiger charge is -2.14. The standard InChI is InChI=1S/C13H19N3O3S/c1-16(2)8-10-11(20(3,18)19)6-7-12(14-10)15-13(17)9-4-5-9/h6-7,9H,4-5,8H2,1-3H3,(H,14,15,17). The lowest BCUT2D eigenvalue weighted by Crippen LogP contribution is -2.18. The molecule has 0 radical (unpaired) electrons. The van der Waals surface area contributed by atoms with E-state index in [-0.39, 0.29) is 16.7 Å². The molecule has 0 atom stereocenters.